The van der Waals surface area contributed by atoms with Crippen LogP contribution in [0.15, 0.2) is 24.3 Å². The number of aliphatic hydroxyl groups is 2. The van der Waals surface area contributed by atoms with Crippen molar-refractivity contribution in [3.05, 3.63) is 35.6 Å². The number of hydrogen-bond acceptors (Lipinski definition) is 5. The first-order chi connectivity index (χ1) is 11.1. The van der Waals surface area contributed by atoms with Crippen LogP contribution >= 0.6 is 0 Å². The van der Waals surface area contributed by atoms with Crippen LogP contribution in [0.5, 0.6) is 0 Å². The molecule has 2 aliphatic heterocycles. The van der Waals surface area contributed by atoms with Crippen molar-refractivity contribution in [3.8, 4) is 0 Å². The lowest BCUT2D eigenvalue weighted by Crippen LogP contribution is -2.44. The first-order valence-corrected chi connectivity index (χ1v) is 8.27. The highest BCUT2D eigenvalue weighted by molar-refractivity contribution is 5.21. The number of nitrogens with zero attached hydrogens (tertiary/aromatic N) is 2. The summed E-state index contributed by atoms with van der Waals surface area (Å²) in [6.45, 7) is 4.70. The minimum Gasteiger partial charge on any atom is -0.392 e. The average Bonchev–Trinajstić information content (AvgIpc) is 2.88. The van der Waals surface area contributed by atoms with Gasteiger partial charge in [-0.15, -0.1) is 0 Å². The van der Waals surface area contributed by atoms with Crippen LogP contribution in [-0.2, 0) is 4.74 Å². The Morgan fingerprint density at radius 1 is 1.26 bits per heavy atom. The third kappa shape index (κ3) is 4.49. The summed E-state index contributed by atoms with van der Waals surface area (Å²) in [5.41, 5.74) is 0.861. The normalized spacial score (nSPS) is 28.1. The molecule has 2 fully saturated rings. The van der Waals surface area contributed by atoms with Gasteiger partial charge in [0.05, 0.1) is 25.4 Å². The molecular formula is C17H25FN2O3. The number of ether oxygens (including phenoxy) is 1. The molecule has 3 rings (SSSR count). The van der Waals surface area contributed by atoms with Gasteiger partial charge in [0.25, 0.3) is 0 Å². The van der Waals surface area contributed by atoms with Crippen molar-refractivity contribution in [2.75, 3.05) is 45.9 Å². The summed E-state index contributed by atoms with van der Waals surface area (Å²) in [7, 11) is 0. The predicted molar refractivity (Wildman–Crippen MR) is 84.6 cm³/mol. The van der Waals surface area contributed by atoms with Crippen molar-refractivity contribution in [1.82, 2.24) is 9.80 Å². The Hall–Kier alpha value is -1.05. The van der Waals surface area contributed by atoms with Gasteiger partial charge in [0, 0.05) is 38.8 Å². The van der Waals surface area contributed by atoms with Crippen LogP contribution in [0.25, 0.3) is 0 Å². The fourth-order valence-corrected chi connectivity index (χ4v) is 3.55. The molecule has 2 aliphatic rings. The fourth-order valence-electron chi connectivity index (χ4n) is 3.55. The lowest BCUT2D eigenvalue weighted by atomic mass is 10.0. The van der Waals surface area contributed by atoms with Crippen LogP contribution in [0.4, 0.5) is 4.39 Å². The van der Waals surface area contributed by atoms with E-state index >= 15 is 0 Å². The zero-order valence-electron chi connectivity index (χ0n) is 13.3. The maximum absolute atomic E-state index is 13.5. The molecule has 0 saturated carbocycles. The number of β-amino-alcohol motifs (C(OH)–C–C–N with tert-alkyl or cyclic N) is 2. The second-order valence-electron chi connectivity index (χ2n) is 6.48. The molecule has 128 valence electrons. The van der Waals surface area contributed by atoms with E-state index in [0.29, 0.717) is 39.3 Å². The summed E-state index contributed by atoms with van der Waals surface area (Å²) >= 11 is 0. The maximum Gasteiger partial charge on any atom is 0.123 e. The highest BCUT2D eigenvalue weighted by Crippen LogP contribution is 2.32. The largest absolute Gasteiger partial charge is 0.392 e. The molecule has 23 heavy (non-hydrogen) atoms. The molecule has 2 heterocycles. The minimum absolute atomic E-state index is 0.0416. The molecule has 1 aromatic carbocycles. The van der Waals surface area contributed by atoms with Crippen molar-refractivity contribution >= 4 is 0 Å². The van der Waals surface area contributed by atoms with Gasteiger partial charge in [0.15, 0.2) is 0 Å². The average molecular weight is 324 g/mol. The zero-order chi connectivity index (χ0) is 16.2. The molecule has 1 aromatic rings. The monoisotopic (exact) mass is 324 g/mol. The third-order valence-electron chi connectivity index (χ3n) is 4.63. The topological polar surface area (TPSA) is 56.2 Å². The van der Waals surface area contributed by atoms with E-state index in [2.05, 4.69) is 9.80 Å². The number of morpholine rings is 1. The van der Waals surface area contributed by atoms with Gasteiger partial charge in [-0.2, -0.15) is 0 Å². The van der Waals surface area contributed by atoms with E-state index in [0.717, 1.165) is 18.7 Å². The lowest BCUT2D eigenvalue weighted by Gasteiger charge is -2.31. The van der Waals surface area contributed by atoms with Gasteiger partial charge < -0.3 is 14.9 Å². The Kier molecular flexibility index (Phi) is 5.61. The third-order valence-corrected chi connectivity index (χ3v) is 4.63. The maximum atomic E-state index is 13.5. The van der Waals surface area contributed by atoms with Crippen molar-refractivity contribution in [1.29, 1.82) is 0 Å². The van der Waals surface area contributed by atoms with E-state index in [1.54, 1.807) is 6.07 Å². The van der Waals surface area contributed by atoms with E-state index in [9.17, 15) is 14.6 Å². The summed E-state index contributed by atoms with van der Waals surface area (Å²) in [4.78, 5) is 4.25. The van der Waals surface area contributed by atoms with Gasteiger partial charge >= 0.3 is 0 Å². The summed E-state index contributed by atoms with van der Waals surface area (Å²) in [5, 5.41) is 20.4. The van der Waals surface area contributed by atoms with E-state index in [-0.39, 0.29) is 11.9 Å². The van der Waals surface area contributed by atoms with Crippen LogP contribution in [0.2, 0.25) is 0 Å². The van der Waals surface area contributed by atoms with Gasteiger partial charge in [0.1, 0.15) is 5.82 Å². The van der Waals surface area contributed by atoms with Crippen LogP contribution < -0.4 is 0 Å². The summed E-state index contributed by atoms with van der Waals surface area (Å²) in [5.74, 6) is -0.266. The number of halogens is 1. The zero-order valence-corrected chi connectivity index (χ0v) is 13.3. The van der Waals surface area contributed by atoms with Crippen molar-refractivity contribution < 1.29 is 19.3 Å². The Bertz CT molecular complexity index is 510. The van der Waals surface area contributed by atoms with Gasteiger partial charge in [-0.25, -0.2) is 4.39 Å². The van der Waals surface area contributed by atoms with Crippen molar-refractivity contribution in [2.24, 2.45) is 0 Å². The Labute approximate surface area is 136 Å². The number of hydrogen-bond donors (Lipinski definition) is 2. The van der Waals surface area contributed by atoms with Crippen LogP contribution in [0.1, 0.15) is 18.0 Å². The van der Waals surface area contributed by atoms with Crippen molar-refractivity contribution in [2.45, 2.75) is 24.7 Å². The van der Waals surface area contributed by atoms with Gasteiger partial charge in [0.2, 0.25) is 0 Å². The lowest BCUT2D eigenvalue weighted by molar-refractivity contribution is 0.00522. The second-order valence-corrected chi connectivity index (χ2v) is 6.48. The second kappa shape index (κ2) is 7.68. The van der Waals surface area contributed by atoms with Gasteiger partial charge in [-0.1, -0.05) is 12.1 Å². The molecule has 2 N–H and O–H groups in total. The molecule has 0 radical (unpaired) electrons. The Morgan fingerprint density at radius 2 is 2.04 bits per heavy atom. The quantitative estimate of drug-likeness (QED) is 0.832. The van der Waals surface area contributed by atoms with E-state index in [1.165, 1.54) is 12.1 Å². The molecule has 6 heteroatoms. The van der Waals surface area contributed by atoms with Gasteiger partial charge in [-0.05, 0) is 24.1 Å². The molecule has 0 aliphatic carbocycles. The van der Waals surface area contributed by atoms with Crippen molar-refractivity contribution in [3.63, 3.8) is 0 Å². The summed E-state index contributed by atoms with van der Waals surface area (Å²) in [6, 6.07) is 6.47. The number of aliphatic hydroxyl groups excluding tert-OH is 2. The Morgan fingerprint density at radius 3 is 2.78 bits per heavy atom. The van der Waals surface area contributed by atoms with Crippen LogP contribution in [0, 0.1) is 5.82 Å². The standard InChI is InChI=1S/C17H25FN2O3/c18-14-3-1-2-13(8-14)17-9-15(21)11-20(17)12-16(22)10-19-4-6-23-7-5-19/h1-3,8,15-17,21-22H,4-7,9-12H2. The summed E-state index contributed by atoms with van der Waals surface area (Å²) < 4.78 is 18.8. The molecular weight excluding hydrogens is 299 g/mol. The first kappa shape index (κ1) is 16.8. The highest BCUT2D eigenvalue weighted by Gasteiger charge is 2.33. The molecule has 0 spiro atoms. The molecule has 3 atom stereocenters. The predicted octanol–water partition coefficient (Wildman–Crippen LogP) is 0.626. The summed E-state index contributed by atoms with van der Waals surface area (Å²) in [6.07, 6.45) is -0.346. The molecule has 3 unspecified atom stereocenters. The van der Waals surface area contributed by atoms with Crippen LogP contribution in [-0.4, -0.2) is 78.2 Å². The highest BCUT2D eigenvalue weighted by atomic mass is 19.1. The van der Waals surface area contributed by atoms with E-state index in [4.69, 9.17) is 4.74 Å². The number of rotatable bonds is 5. The molecule has 0 amide bonds. The van der Waals surface area contributed by atoms with Crippen LogP contribution in [0.3, 0.4) is 0 Å². The molecule has 0 aromatic heterocycles. The number of benzene rings is 1. The minimum atomic E-state index is -0.491. The number of likely N-dealkylation sites (tertiary alicyclic amines) is 1. The molecule has 2 saturated heterocycles. The smallest absolute Gasteiger partial charge is 0.123 e. The van der Waals surface area contributed by atoms with Gasteiger partial charge in [-0.3, -0.25) is 9.80 Å². The SMILES string of the molecule is OC1CC(c2cccc(F)c2)N(CC(O)CN2CCOCC2)C1. The Balaban J connectivity index is 1.60. The van der Waals surface area contributed by atoms with E-state index in [1.807, 2.05) is 6.07 Å². The molecule has 0 bridgehead atoms. The molecule has 5 nitrogen and oxygen atoms in total. The van der Waals surface area contributed by atoms with E-state index < -0.39 is 12.2 Å². The fraction of sp³-hybridized carbons (Fsp3) is 0.647. The first-order valence-electron chi connectivity index (χ1n) is 8.27.